The van der Waals surface area contributed by atoms with Gasteiger partial charge in [0, 0.05) is 29.1 Å². The first-order valence-electron chi connectivity index (χ1n) is 12.2. The first-order chi connectivity index (χ1) is 19.0. The molecule has 2 aromatic carbocycles. The summed E-state index contributed by atoms with van der Waals surface area (Å²) < 4.78 is 68.3. The molecule has 2 aliphatic rings. The topological polar surface area (TPSA) is 107 Å². The van der Waals surface area contributed by atoms with Crippen molar-refractivity contribution in [3.63, 3.8) is 0 Å². The molecule has 1 N–H and O–H groups in total. The molecule has 0 aromatic heterocycles. The lowest BCUT2D eigenvalue weighted by molar-refractivity contribution is -0.179. The van der Waals surface area contributed by atoms with E-state index in [4.69, 9.17) is 34.8 Å². The molecule has 2 fully saturated rings. The van der Waals surface area contributed by atoms with E-state index in [1.165, 1.54) is 17.0 Å². The molecule has 9 nitrogen and oxygen atoms in total. The Morgan fingerprint density at radius 1 is 1.00 bits per heavy atom. The van der Waals surface area contributed by atoms with E-state index in [2.05, 4.69) is 0 Å². The molecule has 2 saturated heterocycles. The van der Waals surface area contributed by atoms with Gasteiger partial charge in [0.15, 0.2) is 0 Å². The molecule has 0 aliphatic carbocycles. The van der Waals surface area contributed by atoms with Gasteiger partial charge in [-0.2, -0.15) is 17.5 Å². The zero-order valence-corrected chi connectivity index (χ0v) is 24.6. The maximum Gasteiger partial charge on any atom is 0.471 e. The lowest BCUT2D eigenvalue weighted by Gasteiger charge is -2.54. The number of alkyl halides is 3. The van der Waals surface area contributed by atoms with E-state index in [0.717, 1.165) is 15.3 Å². The molecule has 3 unspecified atom stereocenters. The maximum atomic E-state index is 14.0. The Morgan fingerprint density at radius 2 is 1.61 bits per heavy atom. The van der Waals surface area contributed by atoms with Crippen molar-refractivity contribution in [3.8, 4) is 0 Å². The Bertz CT molecular complexity index is 1470. The van der Waals surface area contributed by atoms with E-state index in [-0.39, 0.29) is 23.0 Å². The number of piperazine rings is 1. The summed E-state index contributed by atoms with van der Waals surface area (Å²) in [6, 6.07) is 6.24. The van der Waals surface area contributed by atoms with Crippen LogP contribution in [0.4, 0.5) is 13.2 Å². The van der Waals surface area contributed by atoms with Crippen LogP contribution in [0, 0.1) is 0 Å². The van der Waals surface area contributed by atoms with Crippen LogP contribution in [0.5, 0.6) is 0 Å². The van der Waals surface area contributed by atoms with E-state index >= 15 is 0 Å². The van der Waals surface area contributed by atoms with Gasteiger partial charge in [-0.25, -0.2) is 8.42 Å². The van der Waals surface area contributed by atoms with Crippen LogP contribution in [0.2, 0.25) is 15.1 Å². The van der Waals surface area contributed by atoms with Gasteiger partial charge in [-0.15, -0.1) is 0 Å². The van der Waals surface area contributed by atoms with Crippen LogP contribution in [-0.4, -0.2) is 83.8 Å². The van der Waals surface area contributed by atoms with E-state index in [1.807, 2.05) is 0 Å². The highest BCUT2D eigenvalue weighted by molar-refractivity contribution is 7.89. The second kappa shape index (κ2) is 11.6. The summed E-state index contributed by atoms with van der Waals surface area (Å²) in [4.78, 5) is 41.2. The van der Waals surface area contributed by atoms with E-state index < -0.39 is 69.7 Å². The molecule has 222 valence electrons. The summed E-state index contributed by atoms with van der Waals surface area (Å²) in [6.07, 6.45) is -6.78. The monoisotopic (exact) mass is 654 g/mol. The van der Waals surface area contributed by atoms with Crippen molar-refractivity contribution < 1.29 is 36.0 Å². The molecular formula is C25H24Cl3F3N4O5S. The Kier molecular flexibility index (Phi) is 8.87. The fourth-order valence-electron chi connectivity index (χ4n) is 4.87. The van der Waals surface area contributed by atoms with Crippen molar-refractivity contribution in [3.05, 3.63) is 63.1 Å². The van der Waals surface area contributed by atoms with Crippen molar-refractivity contribution in [1.29, 1.82) is 0 Å². The van der Waals surface area contributed by atoms with Gasteiger partial charge in [0.25, 0.3) is 0 Å². The van der Waals surface area contributed by atoms with Crippen LogP contribution in [-0.2, 0) is 30.8 Å². The fourth-order valence-corrected chi connectivity index (χ4v) is 7.33. The van der Waals surface area contributed by atoms with Gasteiger partial charge in [0.05, 0.1) is 11.6 Å². The lowest BCUT2D eigenvalue weighted by atomic mass is 9.96. The molecule has 0 saturated carbocycles. The number of benzene rings is 2. The Balaban J connectivity index is 1.86. The number of nitrogens with one attached hydrogen (secondary N) is 1. The van der Waals surface area contributed by atoms with Crippen molar-refractivity contribution in [2.24, 2.45) is 0 Å². The van der Waals surface area contributed by atoms with Crippen molar-refractivity contribution in [2.75, 3.05) is 13.1 Å². The summed E-state index contributed by atoms with van der Waals surface area (Å²) in [5.74, 6) is -4.00. The molecule has 0 spiro atoms. The summed E-state index contributed by atoms with van der Waals surface area (Å²) in [5.41, 5.74) is 0.557. The zero-order chi connectivity index (χ0) is 30.4. The third kappa shape index (κ3) is 6.29. The van der Waals surface area contributed by atoms with E-state index in [9.17, 15) is 36.0 Å². The minimum Gasteiger partial charge on any atom is -0.335 e. The van der Waals surface area contributed by atoms with Gasteiger partial charge in [-0.3, -0.25) is 14.4 Å². The number of nitrogens with zero attached hydrogens (tertiary/aromatic N) is 3. The second-order valence-electron chi connectivity index (χ2n) is 9.83. The van der Waals surface area contributed by atoms with Crippen molar-refractivity contribution in [1.82, 2.24) is 19.4 Å². The molecule has 2 aliphatic heterocycles. The molecule has 41 heavy (non-hydrogen) atoms. The summed E-state index contributed by atoms with van der Waals surface area (Å²) in [5, 5.41) is 1.88. The largest absolute Gasteiger partial charge is 0.471 e. The Hall–Kier alpha value is -2.58. The maximum absolute atomic E-state index is 14.0. The summed E-state index contributed by atoms with van der Waals surface area (Å²) >= 11 is 18.1. The lowest BCUT2D eigenvalue weighted by Crippen LogP contribution is -2.76. The van der Waals surface area contributed by atoms with Crippen LogP contribution < -0.4 is 5.32 Å². The minimum absolute atomic E-state index is 0.100. The van der Waals surface area contributed by atoms with Crippen molar-refractivity contribution >= 4 is 62.5 Å². The quantitative estimate of drug-likeness (QED) is 0.511. The predicted octanol–water partition coefficient (Wildman–Crippen LogP) is 3.71. The number of fused-ring (bicyclic) bond motifs is 1. The second-order valence-corrected chi connectivity index (χ2v) is 13.0. The predicted molar refractivity (Wildman–Crippen MR) is 145 cm³/mol. The van der Waals surface area contributed by atoms with Crippen LogP contribution in [0.3, 0.4) is 0 Å². The third-order valence-corrected chi connectivity index (χ3v) is 9.68. The SMILES string of the molecule is CC(C)N1CC2N(C(=O)C(NC(=O)C(F)(F)F)CN2S(=O)(=O)c2ccc(Cl)cc2Cl)C(Cc2ccc(Cl)cc2)C1=O. The van der Waals surface area contributed by atoms with E-state index in [0.29, 0.717) is 10.6 Å². The molecule has 16 heteroatoms. The number of rotatable bonds is 6. The first kappa shape index (κ1) is 31.4. The average Bonchev–Trinajstić information content (AvgIpc) is 2.87. The smallest absolute Gasteiger partial charge is 0.335 e. The van der Waals surface area contributed by atoms with Gasteiger partial charge in [-0.05, 0) is 49.7 Å². The van der Waals surface area contributed by atoms with Gasteiger partial charge in [0.2, 0.25) is 21.8 Å². The number of carbonyl (C=O) groups excluding carboxylic acids is 3. The highest BCUT2D eigenvalue weighted by atomic mass is 35.5. The number of sulfonamides is 1. The number of halogens is 6. The van der Waals surface area contributed by atoms with Crippen LogP contribution in [0.25, 0.3) is 0 Å². The molecule has 2 heterocycles. The van der Waals surface area contributed by atoms with Gasteiger partial charge >= 0.3 is 12.1 Å². The zero-order valence-electron chi connectivity index (χ0n) is 21.5. The van der Waals surface area contributed by atoms with Gasteiger partial charge in [0.1, 0.15) is 23.1 Å². The molecule has 3 atom stereocenters. The van der Waals surface area contributed by atoms with Crippen LogP contribution in [0.15, 0.2) is 47.4 Å². The minimum atomic E-state index is -5.35. The first-order valence-corrected chi connectivity index (χ1v) is 14.8. The Labute approximate surface area is 249 Å². The number of amides is 3. The molecule has 0 bridgehead atoms. The molecular weight excluding hydrogens is 632 g/mol. The average molecular weight is 656 g/mol. The highest BCUT2D eigenvalue weighted by Gasteiger charge is 2.55. The number of hydrogen-bond donors (Lipinski definition) is 1. The molecule has 4 rings (SSSR count). The molecule has 2 aromatic rings. The summed E-state index contributed by atoms with van der Waals surface area (Å²) in [6.45, 7) is 2.30. The van der Waals surface area contributed by atoms with Gasteiger partial charge < -0.3 is 15.1 Å². The normalized spacial score (nSPS) is 22.2. The van der Waals surface area contributed by atoms with Crippen molar-refractivity contribution in [2.45, 2.75) is 55.6 Å². The number of hydrogen-bond acceptors (Lipinski definition) is 5. The third-order valence-electron chi connectivity index (χ3n) is 6.84. The standard InChI is InChI=1S/C25H24Cl3F3N4O5S/c1-13(2)33-12-21-34(41(39,40)20-8-7-16(27)10-17(20)28)11-18(32-24(38)25(29,30)31)22(36)35(21)19(23(33)37)9-14-3-5-15(26)6-4-14/h3-8,10,13,18-19,21H,9,11-12H2,1-2H3,(H,32,38). The molecule has 3 amide bonds. The van der Waals surface area contributed by atoms with Crippen LogP contribution in [0.1, 0.15) is 19.4 Å². The van der Waals surface area contributed by atoms with Crippen LogP contribution >= 0.6 is 34.8 Å². The summed E-state index contributed by atoms with van der Waals surface area (Å²) in [7, 11) is -4.62. The van der Waals surface area contributed by atoms with Gasteiger partial charge in [-0.1, -0.05) is 46.9 Å². The highest BCUT2D eigenvalue weighted by Crippen LogP contribution is 2.35. The number of carbonyl (C=O) groups is 3. The Morgan fingerprint density at radius 3 is 2.17 bits per heavy atom. The fraction of sp³-hybridized carbons (Fsp3) is 0.400. The van der Waals surface area contributed by atoms with E-state index in [1.54, 1.807) is 43.4 Å². The molecule has 0 radical (unpaired) electrons.